The van der Waals surface area contributed by atoms with Gasteiger partial charge in [-0.2, -0.15) is 5.10 Å². The first-order valence-corrected chi connectivity index (χ1v) is 7.60. The van der Waals surface area contributed by atoms with E-state index in [0.29, 0.717) is 18.9 Å². The SMILES string of the molecule is CCOC(=O)C1(C(O)(Cn2cncn2)c2ccc(F)cc2F)CC1. The average Bonchev–Trinajstić information content (AvgIpc) is 3.21. The second-order valence-corrected chi connectivity index (χ2v) is 5.88. The van der Waals surface area contributed by atoms with Crippen molar-refractivity contribution >= 4 is 5.97 Å². The lowest BCUT2D eigenvalue weighted by molar-refractivity contribution is -0.165. The number of halogens is 2. The smallest absolute Gasteiger partial charge is 0.315 e. The van der Waals surface area contributed by atoms with E-state index in [9.17, 15) is 18.7 Å². The minimum Gasteiger partial charge on any atom is -0.465 e. The lowest BCUT2D eigenvalue weighted by Crippen LogP contribution is -2.46. The zero-order valence-electron chi connectivity index (χ0n) is 13.1. The molecular weight excluding hydrogens is 320 g/mol. The van der Waals surface area contributed by atoms with Gasteiger partial charge >= 0.3 is 5.97 Å². The first kappa shape index (κ1) is 16.5. The molecule has 3 rings (SSSR count). The van der Waals surface area contributed by atoms with Crippen molar-refractivity contribution in [3.63, 3.8) is 0 Å². The van der Waals surface area contributed by atoms with Crippen LogP contribution in [0, 0.1) is 17.0 Å². The molecule has 1 aromatic heterocycles. The van der Waals surface area contributed by atoms with Gasteiger partial charge in [0.15, 0.2) is 0 Å². The summed E-state index contributed by atoms with van der Waals surface area (Å²) in [6.45, 7) is 1.60. The van der Waals surface area contributed by atoms with Gasteiger partial charge in [-0.3, -0.25) is 4.79 Å². The van der Waals surface area contributed by atoms with E-state index in [0.717, 1.165) is 12.1 Å². The van der Waals surface area contributed by atoms with E-state index >= 15 is 0 Å². The van der Waals surface area contributed by atoms with Gasteiger partial charge in [-0.1, -0.05) is 6.07 Å². The Morgan fingerprint density at radius 2 is 2.21 bits per heavy atom. The Hall–Kier alpha value is -2.35. The van der Waals surface area contributed by atoms with Gasteiger partial charge < -0.3 is 9.84 Å². The van der Waals surface area contributed by atoms with Gasteiger partial charge in [0.05, 0.1) is 13.2 Å². The van der Waals surface area contributed by atoms with Crippen LogP contribution >= 0.6 is 0 Å². The van der Waals surface area contributed by atoms with Crippen molar-refractivity contribution in [2.45, 2.75) is 31.9 Å². The maximum absolute atomic E-state index is 14.4. The summed E-state index contributed by atoms with van der Waals surface area (Å²) >= 11 is 0. The number of aliphatic hydroxyl groups is 1. The van der Waals surface area contributed by atoms with Crippen molar-refractivity contribution in [3.8, 4) is 0 Å². The fourth-order valence-electron chi connectivity index (χ4n) is 3.05. The number of benzene rings is 1. The average molecular weight is 337 g/mol. The molecule has 1 saturated carbocycles. The molecule has 128 valence electrons. The second-order valence-electron chi connectivity index (χ2n) is 5.88. The third-order valence-electron chi connectivity index (χ3n) is 4.44. The molecule has 1 N–H and O–H groups in total. The summed E-state index contributed by atoms with van der Waals surface area (Å²) in [7, 11) is 0. The van der Waals surface area contributed by atoms with E-state index in [1.165, 1.54) is 17.3 Å². The van der Waals surface area contributed by atoms with Crippen LogP contribution in [0.3, 0.4) is 0 Å². The standard InChI is InChI=1S/C16H17F2N3O3/c1-2-24-14(22)15(5-6-15)16(23,8-21-10-19-9-20-21)12-4-3-11(17)7-13(12)18/h3-4,7,9-10,23H,2,5-6,8H2,1H3. The lowest BCUT2D eigenvalue weighted by Gasteiger charge is -2.35. The van der Waals surface area contributed by atoms with E-state index in [1.54, 1.807) is 6.92 Å². The van der Waals surface area contributed by atoms with Crippen LogP contribution in [0.25, 0.3) is 0 Å². The van der Waals surface area contributed by atoms with Gasteiger partial charge in [0.2, 0.25) is 0 Å². The summed E-state index contributed by atoms with van der Waals surface area (Å²) < 4.78 is 34.0. The third kappa shape index (κ3) is 2.56. The van der Waals surface area contributed by atoms with Crippen LogP contribution in [0.1, 0.15) is 25.3 Å². The predicted octanol–water partition coefficient (Wildman–Crippen LogP) is 1.79. The highest BCUT2D eigenvalue weighted by molar-refractivity contribution is 5.82. The number of carbonyl (C=O) groups is 1. The third-order valence-corrected chi connectivity index (χ3v) is 4.44. The summed E-state index contributed by atoms with van der Waals surface area (Å²) in [5, 5.41) is 15.3. The fourth-order valence-corrected chi connectivity index (χ4v) is 3.05. The number of nitrogens with zero attached hydrogens (tertiary/aromatic N) is 3. The molecule has 1 aliphatic rings. The minimum atomic E-state index is -1.93. The number of esters is 1. The quantitative estimate of drug-likeness (QED) is 0.813. The van der Waals surface area contributed by atoms with Crippen LogP contribution in [-0.2, 0) is 21.7 Å². The maximum atomic E-state index is 14.4. The Morgan fingerprint density at radius 3 is 2.75 bits per heavy atom. The van der Waals surface area contributed by atoms with Crippen LogP contribution in [0.5, 0.6) is 0 Å². The minimum absolute atomic E-state index is 0.145. The Bertz CT molecular complexity index is 747. The molecule has 0 saturated heterocycles. The number of hydrogen-bond acceptors (Lipinski definition) is 5. The van der Waals surface area contributed by atoms with Gasteiger partial charge in [-0.05, 0) is 25.8 Å². The molecule has 2 aromatic rings. The van der Waals surface area contributed by atoms with Gasteiger partial charge in [-0.25, -0.2) is 18.4 Å². The highest BCUT2D eigenvalue weighted by Crippen LogP contribution is 2.60. The number of rotatable bonds is 6. The highest BCUT2D eigenvalue weighted by Gasteiger charge is 2.66. The summed E-state index contributed by atoms with van der Waals surface area (Å²) in [4.78, 5) is 16.2. The topological polar surface area (TPSA) is 77.2 Å². The van der Waals surface area contributed by atoms with Crippen LogP contribution in [0.15, 0.2) is 30.9 Å². The van der Waals surface area contributed by atoms with Crippen LogP contribution in [-0.4, -0.2) is 32.4 Å². The summed E-state index contributed by atoms with van der Waals surface area (Å²) in [5.41, 5.74) is -3.37. The molecule has 1 unspecified atom stereocenters. The first-order chi connectivity index (χ1) is 11.4. The number of carbonyl (C=O) groups excluding carboxylic acids is 1. The lowest BCUT2D eigenvalue weighted by atomic mass is 9.77. The molecule has 1 atom stereocenters. The normalized spacial score (nSPS) is 18.0. The van der Waals surface area contributed by atoms with Crippen molar-refractivity contribution in [1.82, 2.24) is 14.8 Å². The van der Waals surface area contributed by atoms with Gasteiger partial charge in [-0.15, -0.1) is 0 Å². The summed E-state index contributed by atoms with van der Waals surface area (Å²) in [5.74, 6) is -2.29. The molecule has 1 aromatic carbocycles. The van der Waals surface area contributed by atoms with E-state index in [4.69, 9.17) is 4.74 Å². The Balaban J connectivity index is 2.09. The van der Waals surface area contributed by atoms with Crippen molar-refractivity contribution in [2.24, 2.45) is 5.41 Å². The first-order valence-electron chi connectivity index (χ1n) is 7.60. The molecular formula is C16H17F2N3O3. The molecule has 24 heavy (non-hydrogen) atoms. The van der Waals surface area contributed by atoms with Gasteiger partial charge in [0, 0.05) is 11.6 Å². The van der Waals surface area contributed by atoms with Gasteiger partial charge in [0.25, 0.3) is 0 Å². The monoisotopic (exact) mass is 337 g/mol. The fraction of sp³-hybridized carbons (Fsp3) is 0.438. The molecule has 6 nitrogen and oxygen atoms in total. The Kier molecular flexibility index (Phi) is 4.08. The summed E-state index contributed by atoms with van der Waals surface area (Å²) in [6, 6.07) is 2.88. The number of ether oxygens (including phenoxy) is 1. The molecule has 1 heterocycles. The molecule has 0 bridgehead atoms. The molecule has 1 aliphatic carbocycles. The molecule has 8 heteroatoms. The molecule has 0 spiro atoms. The van der Waals surface area contributed by atoms with E-state index < -0.39 is 28.6 Å². The van der Waals surface area contributed by atoms with Crippen molar-refractivity contribution in [2.75, 3.05) is 6.61 Å². The van der Waals surface area contributed by atoms with Crippen molar-refractivity contribution < 1.29 is 23.4 Å². The Morgan fingerprint density at radius 1 is 1.46 bits per heavy atom. The zero-order chi connectivity index (χ0) is 17.4. The van der Waals surface area contributed by atoms with E-state index in [-0.39, 0.29) is 18.7 Å². The number of aromatic nitrogens is 3. The Labute approximate surface area is 137 Å². The van der Waals surface area contributed by atoms with Crippen LogP contribution in [0.4, 0.5) is 8.78 Å². The van der Waals surface area contributed by atoms with Crippen LogP contribution < -0.4 is 0 Å². The molecule has 1 fully saturated rings. The molecule has 0 radical (unpaired) electrons. The summed E-state index contributed by atoms with van der Waals surface area (Å²) in [6.07, 6.45) is 3.31. The maximum Gasteiger partial charge on any atom is 0.315 e. The molecule has 0 aliphatic heterocycles. The zero-order valence-corrected chi connectivity index (χ0v) is 13.1. The predicted molar refractivity (Wildman–Crippen MR) is 78.6 cm³/mol. The van der Waals surface area contributed by atoms with Crippen molar-refractivity contribution in [1.29, 1.82) is 0 Å². The van der Waals surface area contributed by atoms with Crippen LogP contribution in [0.2, 0.25) is 0 Å². The largest absolute Gasteiger partial charge is 0.465 e. The second kappa shape index (κ2) is 5.94. The van der Waals surface area contributed by atoms with E-state index in [2.05, 4.69) is 10.1 Å². The highest BCUT2D eigenvalue weighted by atomic mass is 19.1. The van der Waals surface area contributed by atoms with Gasteiger partial charge in [0.1, 0.15) is 35.3 Å². The molecule has 0 amide bonds. The number of hydrogen-bond donors (Lipinski definition) is 1. The van der Waals surface area contributed by atoms with E-state index in [1.807, 2.05) is 0 Å². The van der Waals surface area contributed by atoms with Crippen molar-refractivity contribution in [3.05, 3.63) is 48.1 Å².